The molecule has 0 saturated heterocycles. The molecule has 0 radical (unpaired) electrons. The third kappa shape index (κ3) is 12.0. The second kappa shape index (κ2) is 10.2. The first-order chi connectivity index (χ1) is 5.62. The van der Waals surface area contributed by atoms with E-state index in [9.17, 15) is 0 Å². The summed E-state index contributed by atoms with van der Waals surface area (Å²) in [4.78, 5) is 0. The van der Waals surface area contributed by atoms with E-state index in [1.54, 1.807) is 0 Å². The molecule has 1 unspecified atom stereocenters. The van der Waals surface area contributed by atoms with Crippen LogP contribution in [0, 0.1) is 5.92 Å². The Labute approximate surface area is 77.7 Å². The van der Waals surface area contributed by atoms with Gasteiger partial charge in [-0.15, -0.1) is 6.58 Å². The van der Waals surface area contributed by atoms with E-state index in [0.29, 0.717) is 5.92 Å². The number of hydrogen-bond donors (Lipinski definition) is 0. The fraction of sp³-hybridized carbons (Fsp3) is 0.500. The second-order valence-electron chi connectivity index (χ2n) is 2.86. The monoisotopic (exact) mass is 166 g/mol. The van der Waals surface area contributed by atoms with Crippen LogP contribution in [-0.4, -0.2) is 0 Å². The molecule has 70 valence electrons. The van der Waals surface area contributed by atoms with Gasteiger partial charge in [-0.3, -0.25) is 0 Å². The van der Waals surface area contributed by atoms with Gasteiger partial charge in [0.05, 0.1) is 0 Å². The lowest BCUT2D eigenvalue weighted by Gasteiger charge is -1.93. The van der Waals surface area contributed by atoms with E-state index in [4.69, 9.17) is 0 Å². The predicted molar refractivity (Wildman–Crippen MR) is 59.3 cm³/mol. The molecule has 0 heteroatoms. The number of allylic oxidation sites excluding steroid dienone is 4. The van der Waals surface area contributed by atoms with Gasteiger partial charge in [0.25, 0.3) is 0 Å². The van der Waals surface area contributed by atoms with Gasteiger partial charge in [-0.2, -0.15) is 0 Å². The standard InChI is InChI=1S/C6H12.C6H10/c2*1-4-6(3)5-2/h4,6H,1,5H2,2-3H3;4-5H,1H2,2-3H3/b;6-5+. The molecule has 0 rings (SSSR count). The summed E-state index contributed by atoms with van der Waals surface area (Å²) >= 11 is 0. The van der Waals surface area contributed by atoms with Crippen LogP contribution in [0.1, 0.15) is 34.1 Å². The van der Waals surface area contributed by atoms with Gasteiger partial charge in [0, 0.05) is 0 Å². The first-order valence-electron chi connectivity index (χ1n) is 4.50. The van der Waals surface area contributed by atoms with Crippen molar-refractivity contribution in [3.05, 3.63) is 37.0 Å². The average molecular weight is 166 g/mol. The summed E-state index contributed by atoms with van der Waals surface area (Å²) in [5, 5.41) is 0. The number of hydrogen-bond acceptors (Lipinski definition) is 0. The molecular formula is C12H22. The molecule has 0 amide bonds. The van der Waals surface area contributed by atoms with Crippen molar-refractivity contribution in [3.63, 3.8) is 0 Å². The maximum absolute atomic E-state index is 3.63. The van der Waals surface area contributed by atoms with Crippen molar-refractivity contribution in [2.24, 2.45) is 5.92 Å². The van der Waals surface area contributed by atoms with Crippen molar-refractivity contribution in [1.82, 2.24) is 0 Å². The van der Waals surface area contributed by atoms with Crippen molar-refractivity contribution in [2.75, 3.05) is 0 Å². The molecule has 0 saturated carbocycles. The molecule has 0 aromatic rings. The summed E-state index contributed by atoms with van der Waals surface area (Å²) in [7, 11) is 0. The van der Waals surface area contributed by atoms with E-state index in [1.165, 1.54) is 12.0 Å². The average Bonchev–Trinajstić information content (AvgIpc) is 2.16. The van der Waals surface area contributed by atoms with Crippen LogP contribution in [0.3, 0.4) is 0 Å². The Kier molecular flexibility index (Phi) is 11.7. The van der Waals surface area contributed by atoms with E-state index in [-0.39, 0.29) is 0 Å². The quantitative estimate of drug-likeness (QED) is 0.432. The second-order valence-corrected chi connectivity index (χ2v) is 2.86. The van der Waals surface area contributed by atoms with Crippen LogP contribution >= 0.6 is 0 Å². The van der Waals surface area contributed by atoms with Crippen LogP contribution in [0.5, 0.6) is 0 Å². The molecule has 0 N–H and O–H groups in total. The van der Waals surface area contributed by atoms with E-state index in [0.717, 1.165) is 0 Å². The van der Waals surface area contributed by atoms with Crippen molar-refractivity contribution in [3.8, 4) is 0 Å². The molecule has 0 fully saturated rings. The molecule has 0 bridgehead atoms. The molecule has 0 heterocycles. The minimum absolute atomic E-state index is 0.699. The maximum Gasteiger partial charge on any atom is -0.0267 e. The van der Waals surface area contributed by atoms with Crippen LogP contribution in [-0.2, 0) is 0 Å². The normalized spacial score (nSPS) is 12.5. The molecular weight excluding hydrogens is 144 g/mol. The Morgan fingerprint density at radius 3 is 1.92 bits per heavy atom. The van der Waals surface area contributed by atoms with Gasteiger partial charge in [-0.25, -0.2) is 0 Å². The molecule has 0 aliphatic rings. The molecule has 0 spiro atoms. The Morgan fingerprint density at radius 2 is 1.92 bits per heavy atom. The zero-order valence-corrected chi connectivity index (χ0v) is 8.93. The van der Waals surface area contributed by atoms with Crippen LogP contribution < -0.4 is 0 Å². The maximum atomic E-state index is 3.63. The number of rotatable bonds is 3. The Bertz CT molecular complexity index is 140. The summed E-state index contributed by atoms with van der Waals surface area (Å²) in [5.41, 5.74) is 1.23. The lowest BCUT2D eigenvalue weighted by atomic mass is 10.1. The Morgan fingerprint density at radius 1 is 1.42 bits per heavy atom. The zero-order valence-electron chi connectivity index (χ0n) is 8.93. The zero-order chi connectivity index (χ0) is 9.98. The Hall–Kier alpha value is -0.780. The first kappa shape index (κ1) is 13.8. The molecule has 0 aliphatic carbocycles. The largest absolute Gasteiger partial charge is 0.103 e. The molecule has 0 aromatic carbocycles. The predicted octanol–water partition coefficient (Wildman–Crippen LogP) is 4.36. The van der Waals surface area contributed by atoms with Crippen LogP contribution in [0.25, 0.3) is 0 Å². The third-order valence-corrected chi connectivity index (χ3v) is 1.82. The van der Waals surface area contributed by atoms with E-state index >= 15 is 0 Å². The van der Waals surface area contributed by atoms with Crippen LogP contribution in [0.2, 0.25) is 0 Å². The van der Waals surface area contributed by atoms with Gasteiger partial charge in [0.2, 0.25) is 0 Å². The lowest BCUT2D eigenvalue weighted by Crippen LogP contribution is -1.80. The van der Waals surface area contributed by atoms with Crippen molar-refractivity contribution < 1.29 is 0 Å². The summed E-state index contributed by atoms with van der Waals surface area (Å²) in [5.74, 6) is 0.699. The van der Waals surface area contributed by atoms with Gasteiger partial charge in [-0.05, 0) is 19.8 Å². The van der Waals surface area contributed by atoms with Gasteiger partial charge in [0.15, 0.2) is 0 Å². The molecule has 12 heavy (non-hydrogen) atoms. The molecule has 0 aliphatic heterocycles. The summed E-state index contributed by atoms with van der Waals surface area (Å²) in [6.07, 6.45) is 7.04. The molecule has 0 nitrogen and oxygen atoms in total. The highest BCUT2D eigenvalue weighted by atomic mass is 13.9. The highest BCUT2D eigenvalue weighted by molar-refractivity contribution is 5.10. The third-order valence-electron chi connectivity index (χ3n) is 1.82. The van der Waals surface area contributed by atoms with Crippen molar-refractivity contribution in [2.45, 2.75) is 34.1 Å². The molecule has 1 atom stereocenters. The smallest absolute Gasteiger partial charge is 0.0267 e. The topological polar surface area (TPSA) is 0 Å². The Balaban J connectivity index is 0. The minimum Gasteiger partial charge on any atom is -0.103 e. The van der Waals surface area contributed by atoms with Crippen molar-refractivity contribution in [1.29, 1.82) is 0 Å². The van der Waals surface area contributed by atoms with Gasteiger partial charge >= 0.3 is 0 Å². The van der Waals surface area contributed by atoms with Gasteiger partial charge in [0.1, 0.15) is 0 Å². The van der Waals surface area contributed by atoms with Gasteiger partial charge in [-0.1, -0.05) is 50.6 Å². The minimum atomic E-state index is 0.699. The SMILES string of the molecule is C=C/C(C)=C/C.C=CC(C)CC. The molecule has 0 aromatic heterocycles. The first-order valence-corrected chi connectivity index (χ1v) is 4.50. The summed E-state index contributed by atoms with van der Waals surface area (Å²) < 4.78 is 0. The van der Waals surface area contributed by atoms with Crippen LogP contribution in [0.15, 0.2) is 37.0 Å². The fourth-order valence-corrected chi connectivity index (χ4v) is 0.285. The van der Waals surface area contributed by atoms with Crippen LogP contribution in [0.4, 0.5) is 0 Å². The van der Waals surface area contributed by atoms with Gasteiger partial charge < -0.3 is 0 Å². The highest BCUT2D eigenvalue weighted by Gasteiger charge is 1.84. The van der Waals surface area contributed by atoms with E-state index in [1.807, 2.05) is 32.1 Å². The van der Waals surface area contributed by atoms with Crippen molar-refractivity contribution >= 4 is 0 Å². The summed E-state index contributed by atoms with van der Waals surface area (Å²) in [6.45, 7) is 15.5. The van der Waals surface area contributed by atoms with E-state index < -0.39 is 0 Å². The lowest BCUT2D eigenvalue weighted by molar-refractivity contribution is 0.700. The highest BCUT2D eigenvalue weighted by Crippen LogP contribution is 1.98. The fourth-order valence-electron chi connectivity index (χ4n) is 0.285. The summed E-state index contributed by atoms with van der Waals surface area (Å²) in [6, 6.07) is 0. The van der Waals surface area contributed by atoms with E-state index in [2.05, 4.69) is 27.0 Å².